The van der Waals surface area contributed by atoms with Crippen molar-refractivity contribution in [2.24, 2.45) is 0 Å². The summed E-state index contributed by atoms with van der Waals surface area (Å²) in [6.45, 7) is 10.5. The highest BCUT2D eigenvalue weighted by atomic mass is 16.6. The molecule has 0 bridgehead atoms. The number of hydrogen-bond donors (Lipinski definition) is 1. The topological polar surface area (TPSA) is 94.5 Å². The number of pyridine rings is 1. The van der Waals surface area contributed by atoms with E-state index >= 15 is 0 Å². The predicted molar refractivity (Wildman–Crippen MR) is 124 cm³/mol. The summed E-state index contributed by atoms with van der Waals surface area (Å²) < 4.78 is 11.7. The van der Waals surface area contributed by atoms with Gasteiger partial charge in [0.1, 0.15) is 13.2 Å². The van der Waals surface area contributed by atoms with E-state index in [1.807, 2.05) is 32.9 Å². The number of nitro groups is 1. The first-order valence-corrected chi connectivity index (χ1v) is 10.2. The summed E-state index contributed by atoms with van der Waals surface area (Å²) >= 11 is 0. The average molecular weight is 427 g/mol. The van der Waals surface area contributed by atoms with Gasteiger partial charge in [-0.15, -0.1) is 0 Å². The average Bonchev–Trinajstić information content (AvgIpc) is 2.68. The van der Waals surface area contributed by atoms with E-state index in [9.17, 15) is 14.9 Å². The van der Waals surface area contributed by atoms with Crippen molar-refractivity contribution in [1.82, 2.24) is 4.98 Å². The normalized spacial score (nSPS) is 11.2. The Morgan fingerprint density at radius 1 is 1.00 bits per heavy atom. The summed E-state index contributed by atoms with van der Waals surface area (Å²) in [4.78, 5) is 25.9. The summed E-state index contributed by atoms with van der Waals surface area (Å²) in [7, 11) is 0. The quantitative estimate of drug-likeness (QED) is 0.292. The molecule has 7 heteroatoms. The molecule has 31 heavy (non-hydrogen) atoms. The molecular formula is C24H30N2O5. The Morgan fingerprint density at radius 3 is 2.29 bits per heavy atom. The van der Waals surface area contributed by atoms with E-state index in [4.69, 9.17) is 9.47 Å². The Balaban J connectivity index is 2.34. The van der Waals surface area contributed by atoms with Crippen molar-refractivity contribution in [2.75, 3.05) is 13.2 Å². The van der Waals surface area contributed by atoms with E-state index in [1.165, 1.54) is 17.7 Å². The number of nitrogens with zero attached hydrogens (tertiary/aromatic N) is 1. The number of hydrogen-bond acceptors (Lipinski definition) is 5. The molecule has 166 valence electrons. The fourth-order valence-corrected chi connectivity index (χ4v) is 2.88. The van der Waals surface area contributed by atoms with Gasteiger partial charge in [-0.3, -0.25) is 14.9 Å². The molecule has 0 saturated heterocycles. The first-order valence-electron chi connectivity index (χ1n) is 10.2. The predicted octanol–water partition coefficient (Wildman–Crippen LogP) is 5.85. The maximum Gasteiger partial charge on any atom is 0.294 e. The molecule has 0 amide bonds. The van der Waals surface area contributed by atoms with Crippen LogP contribution in [0.2, 0.25) is 0 Å². The number of aromatic nitrogens is 1. The number of aromatic amines is 1. The highest BCUT2D eigenvalue weighted by Gasteiger charge is 2.18. The zero-order valence-corrected chi connectivity index (χ0v) is 18.8. The van der Waals surface area contributed by atoms with Crippen molar-refractivity contribution >= 4 is 16.6 Å². The van der Waals surface area contributed by atoms with Gasteiger partial charge in [-0.05, 0) is 65.7 Å². The Labute approximate surface area is 182 Å². The van der Waals surface area contributed by atoms with E-state index in [0.717, 1.165) is 24.0 Å². The number of allylic oxidation sites excluding steroid dienone is 4. The lowest BCUT2D eigenvalue weighted by Crippen LogP contribution is -2.14. The standard InChI is InChI=1S/C24H30N2O5/c1-16(2)7-6-8-18(5)12-14-31-23-22(30-13-11-17(3)4)20-10-9-19(26(28)29)15-21(20)25-24(23)27/h7,9-12,15H,6,8,13-14H2,1-5H3,(H,25,27). The van der Waals surface area contributed by atoms with Gasteiger partial charge in [-0.25, -0.2) is 0 Å². The highest BCUT2D eigenvalue weighted by Crippen LogP contribution is 2.33. The number of nitro benzene ring substituents is 1. The molecule has 0 saturated carbocycles. The highest BCUT2D eigenvalue weighted by molar-refractivity contribution is 5.88. The van der Waals surface area contributed by atoms with Gasteiger partial charge in [0.15, 0.2) is 5.75 Å². The number of non-ortho nitro benzene ring substituents is 1. The third-order valence-electron chi connectivity index (χ3n) is 4.59. The number of benzene rings is 1. The van der Waals surface area contributed by atoms with Crippen LogP contribution in [0.25, 0.3) is 10.9 Å². The fourth-order valence-electron chi connectivity index (χ4n) is 2.88. The number of nitrogens with one attached hydrogen (secondary N) is 1. The van der Waals surface area contributed by atoms with Crippen LogP contribution in [0.3, 0.4) is 0 Å². The molecule has 2 rings (SSSR count). The van der Waals surface area contributed by atoms with Crippen molar-refractivity contribution in [3.63, 3.8) is 0 Å². The number of H-pyrrole nitrogens is 1. The number of ether oxygens (including phenoxy) is 2. The van der Waals surface area contributed by atoms with Crippen LogP contribution in [0.15, 0.2) is 57.9 Å². The van der Waals surface area contributed by atoms with Crippen LogP contribution in [-0.4, -0.2) is 23.1 Å². The Bertz CT molecular complexity index is 1090. The van der Waals surface area contributed by atoms with Crippen LogP contribution in [0, 0.1) is 10.1 Å². The monoisotopic (exact) mass is 426 g/mol. The van der Waals surface area contributed by atoms with Gasteiger partial charge >= 0.3 is 0 Å². The smallest absolute Gasteiger partial charge is 0.294 e. The minimum atomic E-state index is -0.505. The molecule has 0 aliphatic heterocycles. The second-order valence-electron chi connectivity index (χ2n) is 7.87. The summed E-state index contributed by atoms with van der Waals surface area (Å²) in [5.41, 5.74) is 3.25. The van der Waals surface area contributed by atoms with E-state index < -0.39 is 10.5 Å². The van der Waals surface area contributed by atoms with Gasteiger partial charge in [-0.1, -0.05) is 22.8 Å². The zero-order chi connectivity index (χ0) is 23.0. The van der Waals surface area contributed by atoms with Crippen LogP contribution < -0.4 is 15.0 Å². The summed E-state index contributed by atoms with van der Waals surface area (Å²) in [5.74, 6) is 0.346. The Hall–Kier alpha value is -3.35. The molecule has 1 heterocycles. The van der Waals surface area contributed by atoms with Crippen LogP contribution in [0.5, 0.6) is 11.5 Å². The van der Waals surface area contributed by atoms with Gasteiger partial charge in [0.05, 0.1) is 10.4 Å². The molecule has 0 atom stereocenters. The third-order valence-corrected chi connectivity index (χ3v) is 4.59. The lowest BCUT2D eigenvalue weighted by molar-refractivity contribution is -0.384. The molecule has 2 aromatic rings. The fraction of sp³-hybridized carbons (Fsp3) is 0.375. The van der Waals surface area contributed by atoms with Crippen molar-refractivity contribution in [3.8, 4) is 11.5 Å². The molecule has 0 spiro atoms. The van der Waals surface area contributed by atoms with Crippen LogP contribution in [0.4, 0.5) is 5.69 Å². The molecule has 0 unspecified atom stereocenters. The summed E-state index contributed by atoms with van der Waals surface area (Å²) in [6, 6.07) is 4.27. The second kappa shape index (κ2) is 11.2. The van der Waals surface area contributed by atoms with Crippen molar-refractivity contribution in [2.45, 2.75) is 47.5 Å². The first kappa shape index (κ1) is 23.9. The van der Waals surface area contributed by atoms with Gasteiger partial charge in [0.25, 0.3) is 11.2 Å². The van der Waals surface area contributed by atoms with Gasteiger partial charge in [0, 0.05) is 17.5 Å². The SMILES string of the molecule is CC(C)=CCCC(C)=CCOc1c(OCC=C(C)C)c2ccc([N+](=O)[O-])cc2[nH]c1=O. The van der Waals surface area contributed by atoms with Crippen LogP contribution in [-0.2, 0) is 0 Å². The van der Waals surface area contributed by atoms with Crippen molar-refractivity contribution < 1.29 is 14.4 Å². The maximum absolute atomic E-state index is 12.7. The first-order chi connectivity index (χ1) is 14.7. The molecule has 7 nitrogen and oxygen atoms in total. The largest absolute Gasteiger partial charge is 0.485 e. The van der Waals surface area contributed by atoms with Gasteiger partial charge in [0.2, 0.25) is 5.75 Å². The van der Waals surface area contributed by atoms with Crippen LogP contribution >= 0.6 is 0 Å². The molecule has 0 radical (unpaired) electrons. The minimum Gasteiger partial charge on any atom is -0.485 e. The van der Waals surface area contributed by atoms with Crippen molar-refractivity contribution in [3.05, 3.63) is 73.6 Å². The molecular weight excluding hydrogens is 396 g/mol. The molecule has 1 aromatic heterocycles. The van der Waals surface area contributed by atoms with E-state index in [0.29, 0.717) is 10.9 Å². The van der Waals surface area contributed by atoms with E-state index in [2.05, 4.69) is 24.9 Å². The van der Waals surface area contributed by atoms with Crippen LogP contribution in [0.1, 0.15) is 47.5 Å². The van der Waals surface area contributed by atoms with E-state index in [1.54, 1.807) is 6.07 Å². The van der Waals surface area contributed by atoms with Gasteiger partial charge in [-0.2, -0.15) is 0 Å². The molecule has 0 aliphatic rings. The molecule has 1 N–H and O–H groups in total. The second-order valence-corrected chi connectivity index (χ2v) is 7.87. The summed E-state index contributed by atoms with van der Waals surface area (Å²) in [6.07, 6.45) is 7.88. The Morgan fingerprint density at radius 2 is 1.65 bits per heavy atom. The third kappa shape index (κ3) is 7.13. The zero-order valence-electron chi connectivity index (χ0n) is 18.8. The lowest BCUT2D eigenvalue weighted by atomic mass is 10.1. The maximum atomic E-state index is 12.7. The molecule has 0 aliphatic carbocycles. The van der Waals surface area contributed by atoms with Crippen molar-refractivity contribution in [1.29, 1.82) is 0 Å². The molecule has 1 aromatic carbocycles. The lowest BCUT2D eigenvalue weighted by Gasteiger charge is -2.13. The number of fused-ring (bicyclic) bond motifs is 1. The Kier molecular flexibility index (Phi) is 8.61. The molecule has 0 fully saturated rings. The number of rotatable bonds is 10. The van der Waals surface area contributed by atoms with E-state index in [-0.39, 0.29) is 30.4 Å². The van der Waals surface area contributed by atoms with Gasteiger partial charge < -0.3 is 14.5 Å². The minimum absolute atomic E-state index is 0.0665. The summed E-state index contributed by atoms with van der Waals surface area (Å²) in [5, 5.41) is 11.6.